The lowest BCUT2D eigenvalue weighted by Gasteiger charge is -2.14. The number of halogens is 1. The van der Waals surface area contributed by atoms with Crippen LogP contribution < -0.4 is 15.4 Å². The molecule has 0 aromatic heterocycles. The fourth-order valence-corrected chi connectivity index (χ4v) is 1.44. The first-order valence-electron chi connectivity index (χ1n) is 4.09. The molecule has 0 aliphatic rings. The molecular weight excluding hydrogens is 222 g/mol. The topological polar surface area (TPSA) is 73.9 Å². The molecule has 6 heteroatoms. The molecule has 1 aromatic carbocycles. The summed E-state index contributed by atoms with van der Waals surface area (Å²) in [5, 5.41) is 9.63. The number of hydrogen-bond acceptors (Lipinski definition) is 5. The fourth-order valence-electron chi connectivity index (χ4n) is 1.24. The van der Waals surface area contributed by atoms with Gasteiger partial charge in [-0.25, -0.2) is 5.90 Å². The van der Waals surface area contributed by atoms with E-state index in [9.17, 15) is 5.11 Å². The summed E-state index contributed by atoms with van der Waals surface area (Å²) in [5.41, 5.74) is 0.443. The molecule has 0 amide bonds. The van der Waals surface area contributed by atoms with Crippen molar-refractivity contribution in [2.45, 2.75) is 6.61 Å². The number of nitrogens with two attached hydrogens (primary N) is 1. The Kier molecular flexibility index (Phi) is 4.02. The molecule has 0 radical (unpaired) electrons. The van der Waals surface area contributed by atoms with E-state index < -0.39 is 0 Å². The van der Waals surface area contributed by atoms with Crippen molar-refractivity contribution >= 4 is 11.6 Å². The first kappa shape index (κ1) is 11.9. The number of hydrogen-bond donors (Lipinski definition) is 2. The van der Waals surface area contributed by atoms with E-state index in [4.69, 9.17) is 27.0 Å². The Balaban J connectivity index is 3.35. The molecule has 0 atom stereocenters. The highest BCUT2D eigenvalue weighted by Crippen LogP contribution is 2.41. The number of phenolic OH excluding ortho intramolecular Hbond substituents is 1. The summed E-state index contributed by atoms with van der Waals surface area (Å²) in [6.07, 6.45) is 0. The third-order valence-corrected chi connectivity index (χ3v) is 2.33. The third kappa shape index (κ3) is 2.26. The van der Waals surface area contributed by atoms with Crippen LogP contribution in [0.4, 0.5) is 0 Å². The number of phenols is 1. The number of aromatic hydroxyl groups is 1. The van der Waals surface area contributed by atoms with E-state index in [-0.39, 0.29) is 17.4 Å². The Morgan fingerprint density at radius 2 is 2.07 bits per heavy atom. The molecule has 5 nitrogen and oxygen atoms in total. The minimum absolute atomic E-state index is 0.0206. The van der Waals surface area contributed by atoms with E-state index in [0.29, 0.717) is 17.1 Å². The molecule has 84 valence electrons. The SMILES string of the molecule is COc1cc(O)c(Cl)c(CON)c1OC. The molecule has 0 saturated heterocycles. The molecule has 0 fully saturated rings. The van der Waals surface area contributed by atoms with E-state index in [1.807, 2.05) is 0 Å². The van der Waals surface area contributed by atoms with Crippen molar-refractivity contribution in [1.29, 1.82) is 0 Å². The number of rotatable bonds is 4. The Hall–Kier alpha value is -1.17. The third-order valence-electron chi connectivity index (χ3n) is 1.91. The van der Waals surface area contributed by atoms with Gasteiger partial charge in [0.1, 0.15) is 5.75 Å². The molecule has 0 spiro atoms. The van der Waals surface area contributed by atoms with Crippen molar-refractivity contribution in [3.8, 4) is 17.2 Å². The van der Waals surface area contributed by atoms with Gasteiger partial charge in [-0.05, 0) is 0 Å². The van der Waals surface area contributed by atoms with Gasteiger partial charge in [0.15, 0.2) is 11.5 Å². The zero-order valence-electron chi connectivity index (χ0n) is 8.41. The normalized spacial score (nSPS) is 10.1. The van der Waals surface area contributed by atoms with E-state index in [1.165, 1.54) is 20.3 Å². The van der Waals surface area contributed by atoms with Gasteiger partial charge in [-0.1, -0.05) is 11.6 Å². The minimum Gasteiger partial charge on any atom is -0.506 e. The Labute approximate surface area is 92.3 Å². The average Bonchev–Trinajstić information content (AvgIpc) is 2.24. The number of benzene rings is 1. The quantitative estimate of drug-likeness (QED) is 0.770. The summed E-state index contributed by atoms with van der Waals surface area (Å²) >= 11 is 5.86. The van der Waals surface area contributed by atoms with Gasteiger partial charge in [-0.15, -0.1) is 0 Å². The van der Waals surface area contributed by atoms with Crippen LogP contribution in [0.2, 0.25) is 5.02 Å². The predicted octanol–water partition coefficient (Wildman–Crippen LogP) is 1.45. The lowest BCUT2D eigenvalue weighted by Crippen LogP contribution is -2.03. The largest absolute Gasteiger partial charge is 0.506 e. The monoisotopic (exact) mass is 233 g/mol. The van der Waals surface area contributed by atoms with Crippen molar-refractivity contribution in [2.24, 2.45) is 5.90 Å². The summed E-state index contributed by atoms with van der Waals surface area (Å²) in [6, 6.07) is 1.36. The second kappa shape index (κ2) is 5.06. The summed E-state index contributed by atoms with van der Waals surface area (Å²) in [7, 11) is 2.92. The molecule has 0 unspecified atom stereocenters. The van der Waals surface area contributed by atoms with Crippen molar-refractivity contribution in [2.75, 3.05) is 14.2 Å². The number of methoxy groups -OCH3 is 2. The summed E-state index contributed by atoms with van der Waals surface area (Å²) in [4.78, 5) is 4.47. The molecule has 1 aromatic rings. The maximum atomic E-state index is 9.49. The highest BCUT2D eigenvalue weighted by molar-refractivity contribution is 6.33. The first-order valence-corrected chi connectivity index (χ1v) is 4.47. The van der Waals surface area contributed by atoms with Crippen LogP contribution in [0.1, 0.15) is 5.56 Å². The maximum Gasteiger partial charge on any atom is 0.168 e. The van der Waals surface area contributed by atoms with Crippen LogP contribution in [0.5, 0.6) is 17.2 Å². The van der Waals surface area contributed by atoms with Gasteiger partial charge in [-0.3, -0.25) is 4.84 Å². The Bertz CT molecular complexity index is 356. The van der Waals surface area contributed by atoms with Crippen LogP contribution in [0.25, 0.3) is 0 Å². The van der Waals surface area contributed by atoms with Crippen LogP contribution in [0, 0.1) is 0 Å². The van der Waals surface area contributed by atoms with Crippen LogP contribution >= 0.6 is 11.6 Å². The highest BCUT2D eigenvalue weighted by atomic mass is 35.5. The van der Waals surface area contributed by atoms with E-state index in [2.05, 4.69) is 4.84 Å². The average molecular weight is 234 g/mol. The molecule has 15 heavy (non-hydrogen) atoms. The lowest BCUT2D eigenvalue weighted by atomic mass is 10.2. The zero-order valence-corrected chi connectivity index (χ0v) is 9.17. The molecule has 0 aliphatic carbocycles. The minimum atomic E-state index is -0.110. The number of ether oxygens (including phenoxy) is 2. The molecule has 0 heterocycles. The smallest absolute Gasteiger partial charge is 0.168 e. The molecular formula is C9H12ClNO4. The zero-order chi connectivity index (χ0) is 11.4. The maximum absolute atomic E-state index is 9.49. The lowest BCUT2D eigenvalue weighted by molar-refractivity contribution is 0.121. The molecule has 3 N–H and O–H groups in total. The van der Waals surface area contributed by atoms with E-state index in [0.717, 1.165) is 0 Å². The first-order chi connectivity index (χ1) is 7.15. The standard InChI is InChI=1S/C9H12ClNO4/c1-13-7-3-6(12)8(10)5(4-15-11)9(7)14-2/h3,12H,4,11H2,1-2H3. The predicted molar refractivity (Wildman–Crippen MR) is 55.2 cm³/mol. The fraction of sp³-hybridized carbons (Fsp3) is 0.333. The second-order valence-corrected chi connectivity index (χ2v) is 3.11. The Morgan fingerprint density at radius 3 is 2.53 bits per heavy atom. The van der Waals surface area contributed by atoms with Gasteiger partial charge in [0.25, 0.3) is 0 Å². The highest BCUT2D eigenvalue weighted by Gasteiger charge is 2.18. The van der Waals surface area contributed by atoms with Gasteiger partial charge in [0.2, 0.25) is 0 Å². The van der Waals surface area contributed by atoms with Crippen LogP contribution in [0.15, 0.2) is 6.07 Å². The van der Waals surface area contributed by atoms with Crippen molar-refractivity contribution < 1.29 is 19.4 Å². The van der Waals surface area contributed by atoms with Gasteiger partial charge >= 0.3 is 0 Å². The van der Waals surface area contributed by atoms with Crippen molar-refractivity contribution in [1.82, 2.24) is 0 Å². The summed E-state index contributed by atoms with van der Waals surface area (Å²) < 4.78 is 10.1. The van der Waals surface area contributed by atoms with Gasteiger partial charge < -0.3 is 14.6 Å². The van der Waals surface area contributed by atoms with Crippen molar-refractivity contribution in [3.05, 3.63) is 16.7 Å². The molecule has 0 aliphatic heterocycles. The molecule has 0 saturated carbocycles. The van der Waals surface area contributed by atoms with Crippen LogP contribution in [0.3, 0.4) is 0 Å². The summed E-state index contributed by atoms with van der Waals surface area (Å²) in [6.45, 7) is 0.0206. The van der Waals surface area contributed by atoms with E-state index >= 15 is 0 Å². The van der Waals surface area contributed by atoms with Crippen LogP contribution in [-0.2, 0) is 11.4 Å². The molecule has 0 bridgehead atoms. The Morgan fingerprint density at radius 1 is 1.40 bits per heavy atom. The van der Waals surface area contributed by atoms with Crippen molar-refractivity contribution in [3.63, 3.8) is 0 Å². The van der Waals surface area contributed by atoms with Gasteiger partial charge in [-0.2, -0.15) is 0 Å². The van der Waals surface area contributed by atoms with Gasteiger partial charge in [0.05, 0.1) is 25.8 Å². The van der Waals surface area contributed by atoms with E-state index in [1.54, 1.807) is 0 Å². The van der Waals surface area contributed by atoms with Crippen LogP contribution in [-0.4, -0.2) is 19.3 Å². The second-order valence-electron chi connectivity index (χ2n) is 2.73. The van der Waals surface area contributed by atoms with Gasteiger partial charge in [0, 0.05) is 11.6 Å². The molecule has 1 rings (SSSR count). The summed E-state index contributed by atoms with van der Waals surface area (Å²) in [5.74, 6) is 5.61.